The van der Waals surface area contributed by atoms with Gasteiger partial charge >= 0.3 is 0 Å². The van der Waals surface area contributed by atoms with E-state index >= 15 is 0 Å². The van der Waals surface area contributed by atoms with Gasteiger partial charge in [0.2, 0.25) is 0 Å². The van der Waals surface area contributed by atoms with Crippen molar-refractivity contribution in [3.05, 3.63) is 53.7 Å². The molecule has 2 bridgehead atoms. The van der Waals surface area contributed by atoms with Crippen molar-refractivity contribution in [3.63, 3.8) is 0 Å². The summed E-state index contributed by atoms with van der Waals surface area (Å²) in [6, 6.07) is 9.25. The second kappa shape index (κ2) is 5.25. The Hall–Kier alpha value is -3.02. The van der Waals surface area contributed by atoms with E-state index < -0.39 is 0 Å². The first-order valence-corrected chi connectivity index (χ1v) is 9.38. The molecule has 27 heavy (non-hydrogen) atoms. The van der Waals surface area contributed by atoms with Gasteiger partial charge in [0.15, 0.2) is 5.65 Å². The van der Waals surface area contributed by atoms with Crippen LogP contribution in [0.5, 0.6) is 0 Å². The van der Waals surface area contributed by atoms with Crippen molar-refractivity contribution in [1.82, 2.24) is 25.0 Å². The molecule has 3 aromatic heterocycles. The number of H-pyrrole nitrogens is 1. The van der Waals surface area contributed by atoms with Gasteiger partial charge < -0.3 is 0 Å². The third-order valence-corrected chi connectivity index (χ3v) is 6.02. The second-order valence-electron chi connectivity index (χ2n) is 7.67. The number of aromatic amines is 1. The molecule has 0 saturated heterocycles. The summed E-state index contributed by atoms with van der Waals surface area (Å²) in [6.07, 6.45) is 5.42. The maximum absolute atomic E-state index is 13.5. The summed E-state index contributed by atoms with van der Waals surface area (Å²) in [7, 11) is 0. The smallest absolute Gasteiger partial charge is 0.155 e. The minimum atomic E-state index is -0.232. The lowest BCUT2D eigenvalue weighted by atomic mass is 9.91. The Labute approximate surface area is 155 Å². The Bertz CT molecular complexity index is 1190. The number of fused-ring (bicyclic) bond motifs is 6. The van der Waals surface area contributed by atoms with E-state index in [1.54, 1.807) is 0 Å². The van der Waals surface area contributed by atoms with E-state index in [0.717, 1.165) is 39.1 Å². The van der Waals surface area contributed by atoms with E-state index in [2.05, 4.69) is 25.9 Å². The molecule has 6 heteroatoms. The van der Waals surface area contributed by atoms with Gasteiger partial charge in [-0.2, -0.15) is 10.2 Å². The van der Waals surface area contributed by atoms with Crippen molar-refractivity contribution in [2.75, 3.05) is 0 Å². The molecule has 4 aromatic rings. The first-order chi connectivity index (χ1) is 13.2. The van der Waals surface area contributed by atoms with Crippen LogP contribution in [0.4, 0.5) is 4.39 Å². The third kappa shape index (κ3) is 2.07. The van der Waals surface area contributed by atoms with Crippen LogP contribution >= 0.6 is 0 Å². The van der Waals surface area contributed by atoms with Crippen molar-refractivity contribution >= 4 is 11.0 Å². The molecule has 4 heterocycles. The predicted octanol–water partition coefficient (Wildman–Crippen LogP) is 4.76. The maximum Gasteiger partial charge on any atom is 0.155 e. The van der Waals surface area contributed by atoms with E-state index in [-0.39, 0.29) is 5.82 Å². The molecule has 1 aliphatic carbocycles. The molecule has 1 aliphatic heterocycles. The minimum Gasteiger partial charge on any atom is -0.265 e. The number of rotatable bonds is 2. The number of halogens is 1. The molecule has 2 atom stereocenters. The average Bonchev–Trinajstić information content (AvgIpc) is 3.42. The number of aryl methyl sites for hydroxylation is 1. The highest BCUT2D eigenvalue weighted by atomic mass is 19.1. The van der Waals surface area contributed by atoms with Crippen LogP contribution in [0.15, 0.2) is 36.5 Å². The highest BCUT2D eigenvalue weighted by Crippen LogP contribution is 2.54. The number of hydrogen-bond donors (Lipinski definition) is 1. The summed E-state index contributed by atoms with van der Waals surface area (Å²) >= 11 is 0. The molecule has 1 N–H and O–H groups in total. The first-order valence-electron chi connectivity index (χ1n) is 9.38. The first kappa shape index (κ1) is 15.1. The predicted molar refractivity (Wildman–Crippen MR) is 101 cm³/mol. The fourth-order valence-corrected chi connectivity index (χ4v) is 4.88. The molecule has 134 valence electrons. The van der Waals surface area contributed by atoms with Gasteiger partial charge in [0.05, 0.1) is 17.9 Å². The van der Waals surface area contributed by atoms with Gasteiger partial charge in [-0.1, -0.05) is 0 Å². The van der Waals surface area contributed by atoms with Crippen LogP contribution in [0.1, 0.15) is 42.6 Å². The van der Waals surface area contributed by atoms with Crippen LogP contribution in [0.25, 0.3) is 33.4 Å². The highest BCUT2D eigenvalue weighted by Gasteiger charge is 2.41. The maximum atomic E-state index is 13.5. The van der Waals surface area contributed by atoms with E-state index in [1.807, 2.05) is 25.3 Å². The zero-order chi connectivity index (χ0) is 18.1. The average molecular weight is 359 g/mol. The van der Waals surface area contributed by atoms with Crippen molar-refractivity contribution < 1.29 is 4.39 Å². The lowest BCUT2D eigenvalue weighted by molar-refractivity contribution is 0.478. The molecular formula is C21H18FN5. The summed E-state index contributed by atoms with van der Waals surface area (Å²) in [5.41, 5.74) is 7.19. The topological polar surface area (TPSA) is 59.4 Å². The van der Waals surface area contributed by atoms with Gasteiger partial charge in [-0.3, -0.25) is 9.78 Å². The summed E-state index contributed by atoms with van der Waals surface area (Å²) < 4.78 is 15.7. The fourth-order valence-electron chi connectivity index (χ4n) is 4.88. The molecule has 6 rings (SSSR count). The Balaban J connectivity index is 1.69. The van der Waals surface area contributed by atoms with E-state index in [9.17, 15) is 4.39 Å². The normalized spacial score (nSPS) is 20.5. The fraction of sp³-hybridized carbons (Fsp3) is 0.286. The zero-order valence-corrected chi connectivity index (χ0v) is 14.9. The quantitative estimate of drug-likeness (QED) is 0.561. The summed E-state index contributed by atoms with van der Waals surface area (Å²) in [5.74, 6) is 0.311. The molecule has 1 aromatic carbocycles. The number of hydrogen-bond acceptors (Lipinski definition) is 3. The molecule has 0 radical (unpaired) electrons. The summed E-state index contributed by atoms with van der Waals surface area (Å²) in [5, 5.41) is 13.2. The number of pyridine rings is 1. The molecule has 1 saturated carbocycles. The standard InChI is InChI=1S/C21H18FN5/c1-11-8-16(17-10-23-25-21(17)24-11)18-19(12-2-5-14(22)6-3-12)26-27-15-7-4-13(9-15)20(18)27/h2-3,5-6,8,10,13,15H,4,7,9H2,1H3,(H,23,24,25)/t13-,15?/m1/s1. The van der Waals surface area contributed by atoms with Gasteiger partial charge in [0, 0.05) is 33.7 Å². The Morgan fingerprint density at radius 2 is 2.04 bits per heavy atom. The monoisotopic (exact) mass is 359 g/mol. The van der Waals surface area contributed by atoms with Crippen molar-refractivity contribution in [2.24, 2.45) is 0 Å². The van der Waals surface area contributed by atoms with Crippen LogP contribution in [0.3, 0.4) is 0 Å². The molecule has 1 unspecified atom stereocenters. The molecule has 0 amide bonds. The van der Waals surface area contributed by atoms with Crippen LogP contribution in [-0.2, 0) is 0 Å². The Morgan fingerprint density at radius 3 is 2.89 bits per heavy atom. The van der Waals surface area contributed by atoms with Crippen LogP contribution in [0, 0.1) is 12.7 Å². The lowest BCUT2D eigenvalue weighted by Gasteiger charge is -2.15. The van der Waals surface area contributed by atoms with Gasteiger partial charge in [-0.05, 0) is 56.5 Å². The number of nitrogens with one attached hydrogen (secondary N) is 1. The Morgan fingerprint density at radius 1 is 1.19 bits per heavy atom. The molecular weight excluding hydrogens is 341 g/mol. The SMILES string of the molecule is Cc1cc(-c2c(-c3ccc(F)cc3)nn3c2[C@@H]2CCC3C2)c2cn[nH]c2n1. The van der Waals surface area contributed by atoms with Crippen molar-refractivity contribution in [2.45, 2.75) is 38.1 Å². The third-order valence-electron chi connectivity index (χ3n) is 6.02. The second-order valence-corrected chi connectivity index (χ2v) is 7.67. The van der Waals surface area contributed by atoms with Gasteiger partial charge in [-0.25, -0.2) is 9.37 Å². The largest absolute Gasteiger partial charge is 0.265 e. The van der Waals surface area contributed by atoms with E-state index in [1.165, 1.54) is 37.1 Å². The van der Waals surface area contributed by atoms with Crippen molar-refractivity contribution in [1.29, 1.82) is 0 Å². The van der Waals surface area contributed by atoms with Gasteiger partial charge in [-0.15, -0.1) is 0 Å². The van der Waals surface area contributed by atoms with E-state index in [4.69, 9.17) is 5.10 Å². The molecule has 1 fully saturated rings. The molecule has 0 spiro atoms. The van der Waals surface area contributed by atoms with Gasteiger partial charge in [0.1, 0.15) is 11.5 Å². The van der Waals surface area contributed by atoms with Crippen LogP contribution in [-0.4, -0.2) is 25.0 Å². The summed E-state index contributed by atoms with van der Waals surface area (Å²) in [6.45, 7) is 2.00. The zero-order valence-electron chi connectivity index (χ0n) is 14.9. The van der Waals surface area contributed by atoms with Crippen LogP contribution in [0.2, 0.25) is 0 Å². The molecule has 2 aliphatic rings. The number of aromatic nitrogens is 5. The van der Waals surface area contributed by atoms with Crippen LogP contribution < -0.4 is 0 Å². The lowest BCUT2D eigenvalue weighted by Crippen LogP contribution is -2.07. The summed E-state index contributed by atoms with van der Waals surface area (Å²) in [4.78, 5) is 4.57. The van der Waals surface area contributed by atoms with Crippen molar-refractivity contribution in [3.8, 4) is 22.4 Å². The number of nitrogens with zero attached hydrogens (tertiary/aromatic N) is 4. The number of benzene rings is 1. The van der Waals surface area contributed by atoms with Gasteiger partial charge in [0.25, 0.3) is 0 Å². The molecule has 5 nitrogen and oxygen atoms in total. The minimum absolute atomic E-state index is 0.232. The van der Waals surface area contributed by atoms with E-state index in [0.29, 0.717) is 12.0 Å². The Kier molecular flexibility index (Phi) is 2.93. The highest BCUT2D eigenvalue weighted by molar-refractivity contribution is 5.98.